The number of rotatable bonds is 5. The maximum Gasteiger partial charge on any atom is 0.261 e. The molecule has 0 saturated carbocycles. The van der Waals surface area contributed by atoms with Crippen LogP contribution in [0.3, 0.4) is 0 Å². The van der Waals surface area contributed by atoms with E-state index in [0.29, 0.717) is 5.75 Å². The number of ether oxygens (including phenoxy) is 1. The molecule has 0 saturated heterocycles. The monoisotopic (exact) mass is 310 g/mol. The van der Waals surface area contributed by atoms with Crippen molar-refractivity contribution >= 4 is 15.7 Å². The highest BCUT2D eigenvalue weighted by atomic mass is 32.2. The molecule has 0 heterocycles. The van der Waals surface area contributed by atoms with E-state index in [1.54, 1.807) is 0 Å². The molecular formula is C14H15FN2O3S. The van der Waals surface area contributed by atoms with Crippen molar-refractivity contribution in [2.45, 2.75) is 11.4 Å². The second-order valence-corrected chi connectivity index (χ2v) is 5.93. The number of sulfonamides is 1. The summed E-state index contributed by atoms with van der Waals surface area (Å²) in [6, 6.07) is 9.99. The van der Waals surface area contributed by atoms with Crippen LogP contribution in [0.25, 0.3) is 0 Å². The van der Waals surface area contributed by atoms with Gasteiger partial charge in [0.25, 0.3) is 10.0 Å². The Hall–Kier alpha value is -2.12. The molecule has 0 radical (unpaired) electrons. The largest absolute Gasteiger partial charge is 0.497 e. The van der Waals surface area contributed by atoms with Crippen molar-refractivity contribution in [2.24, 2.45) is 5.73 Å². The van der Waals surface area contributed by atoms with Gasteiger partial charge in [0.1, 0.15) is 11.6 Å². The number of methoxy groups -OCH3 is 1. The van der Waals surface area contributed by atoms with Gasteiger partial charge in [0.05, 0.1) is 17.7 Å². The fraction of sp³-hybridized carbons (Fsp3) is 0.143. The third-order valence-electron chi connectivity index (χ3n) is 2.94. The van der Waals surface area contributed by atoms with Crippen LogP contribution in [0.15, 0.2) is 47.4 Å². The summed E-state index contributed by atoms with van der Waals surface area (Å²) in [5.74, 6) is -0.00483. The Labute approximate surface area is 122 Å². The molecule has 0 aromatic heterocycles. The molecule has 0 fully saturated rings. The standard InChI is InChI=1S/C14H15FN2O3S/c1-20-10-5-7-11(8-6-10)21(18,19)17-14-4-2-3-13(15)12(14)9-16/h2-8,17H,9,16H2,1H3. The van der Waals surface area contributed by atoms with Crippen LogP contribution in [0.5, 0.6) is 5.75 Å². The molecule has 0 atom stereocenters. The van der Waals surface area contributed by atoms with Crippen LogP contribution in [0, 0.1) is 5.82 Å². The van der Waals surface area contributed by atoms with Crippen LogP contribution in [0.4, 0.5) is 10.1 Å². The Morgan fingerprint density at radius 1 is 1.19 bits per heavy atom. The minimum Gasteiger partial charge on any atom is -0.497 e. The zero-order valence-electron chi connectivity index (χ0n) is 11.3. The summed E-state index contributed by atoms with van der Waals surface area (Å²) >= 11 is 0. The van der Waals surface area contributed by atoms with Crippen LogP contribution in [-0.4, -0.2) is 15.5 Å². The summed E-state index contributed by atoms with van der Waals surface area (Å²) in [4.78, 5) is 0.0514. The molecule has 0 bridgehead atoms. The van der Waals surface area contributed by atoms with E-state index in [0.717, 1.165) is 0 Å². The van der Waals surface area contributed by atoms with Gasteiger partial charge in [-0.1, -0.05) is 6.07 Å². The Morgan fingerprint density at radius 3 is 2.43 bits per heavy atom. The van der Waals surface area contributed by atoms with E-state index in [-0.39, 0.29) is 22.7 Å². The first-order valence-electron chi connectivity index (χ1n) is 6.12. The minimum atomic E-state index is -3.82. The summed E-state index contributed by atoms with van der Waals surface area (Å²) in [6.45, 7) is -0.104. The van der Waals surface area contributed by atoms with Crippen LogP contribution in [-0.2, 0) is 16.6 Å². The van der Waals surface area contributed by atoms with Gasteiger partial charge in [-0.25, -0.2) is 12.8 Å². The summed E-state index contributed by atoms with van der Waals surface area (Å²) < 4.78 is 45.4. The molecule has 3 N–H and O–H groups in total. The smallest absolute Gasteiger partial charge is 0.261 e. The number of hydrogen-bond acceptors (Lipinski definition) is 4. The van der Waals surface area contributed by atoms with Gasteiger partial charge in [-0.05, 0) is 36.4 Å². The number of halogens is 1. The lowest BCUT2D eigenvalue weighted by Gasteiger charge is -2.12. The van der Waals surface area contributed by atoms with Gasteiger partial charge in [0, 0.05) is 12.1 Å². The van der Waals surface area contributed by atoms with Gasteiger partial charge >= 0.3 is 0 Å². The molecule has 21 heavy (non-hydrogen) atoms. The van der Waals surface area contributed by atoms with Gasteiger partial charge < -0.3 is 10.5 Å². The summed E-state index contributed by atoms with van der Waals surface area (Å²) in [5, 5.41) is 0. The molecule has 0 aliphatic heterocycles. The van der Waals surface area contributed by atoms with Crippen molar-refractivity contribution in [3.63, 3.8) is 0 Å². The first kappa shape index (κ1) is 15.3. The minimum absolute atomic E-state index is 0.0514. The van der Waals surface area contributed by atoms with E-state index in [1.165, 1.54) is 49.6 Å². The zero-order chi connectivity index (χ0) is 15.5. The van der Waals surface area contributed by atoms with Gasteiger partial charge in [-0.2, -0.15) is 0 Å². The average Bonchev–Trinajstić information content (AvgIpc) is 2.47. The Morgan fingerprint density at radius 2 is 1.86 bits per heavy atom. The highest BCUT2D eigenvalue weighted by Crippen LogP contribution is 2.23. The Kier molecular flexibility index (Phi) is 4.44. The third-order valence-corrected chi connectivity index (χ3v) is 4.32. The fourth-order valence-electron chi connectivity index (χ4n) is 1.82. The number of anilines is 1. The lowest BCUT2D eigenvalue weighted by molar-refractivity contribution is 0.414. The Bertz CT molecular complexity index is 730. The number of benzene rings is 2. The van der Waals surface area contributed by atoms with Crippen LogP contribution >= 0.6 is 0 Å². The average molecular weight is 310 g/mol. The first-order chi connectivity index (χ1) is 9.97. The van der Waals surface area contributed by atoms with Gasteiger partial charge in [-0.15, -0.1) is 0 Å². The van der Waals surface area contributed by atoms with Crippen LogP contribution in [0.2, 0.25) is 0 Å². The number of nitrogens with two attached hydrogens (primary N) is 1. The predicted octanol–water partition coefficient (Wildman–Crippen LogP) is 2.09. The van der Waals surface area contributed by atoms with Crippen molar-refractivity contribution in [1.29, 1.82) is 0 Å². The van der Waals surface area contributed by atoms with Crippen molar-refractivity contribution in [1.82, 2.24) is 0 Å². The molecule has 0 spiro atoms. The molecule has 0 aliphatic rings. The van der Waals surface area contributed by atoms with E-state index in [4.69, 9.17) is 10.5 Å². The third kappa shape index (κ3) is 3.32. The van der Waals surface area contributed by atoms with Crippen molar-refractivity contribution < 1.29 is 17.5 Å². The summed E-state index contributed by atoms with van der Waals surface area (Å²) in [6.07, 6.45) is 0. The molecule has 0 unspecified atom stereocenters. The molecule has 5 nitrogen and oxygen atoms in total. The van der Waals surface area contributed by atoms with Crippen LogP contribution < -0.4 is 15.2 Å². The molecule has 112 valence electrons. The molecule has 2 rings (SSSR count). The van der Waals surface area contributed by atoms with Gasteiger partial charge in [0.15, 0.2) is 0 Å². The van der Waals surface area contributed by atoms with Gasteiger partial charge in [0.2, 0.25) is 0 Å². The Balaban J connectivity index is 2.35. The van der Waals surface area contributed by atoms with Crippen molar-refractivity contribution in [3.8, 4) is 5.75 Å². The van der Waals surface area contributed by atoms with E-state index >= 15 is 0 Å². The molecule has 0 amide bonds. The summed E-state index contributed by atoms with van der Waals surface area (Å²) in [5.41, 5.74) is 5.71. The number of hydrogen-bond donors (Lipinski definition) is 2. The lowest BCUT2D eigenvalue weighted by atomic mass is 10.2. The molecule has 2 aromatic rings. The number of nitrogens with one attached hydrogen (secondary N) is 1. The van der Waals surface area contributed by atoms with E-state index in [9.17, 15) is 12.8 Å². The van der Waals surface area contributed by atoms with Crippen molar-refractivity contribution in [3.05, 3.63) is 53.8 Å². The highest BCUT2D eigenvalue weighted by Gasteiger charge is 2.17. The van der Waals surface area contributed by atoms with Gasteiger partial charge in [-0.3, -0.25) is 4.72 Å². The normalized spacial score (nSPS) is 11.2. The summed E-state index contributed by atoms with van der Waals surface area (Å²) in [7, 11) is -2.33. The topological polar surface area (TPSA) is 81.4 Å². The van der Waals surface area contributed by atoms with E-state index < -0.39 is 15.8 Å². The SMILES string of the molecule is COc1ccc(S(=O)(=O)Nc2cccc(F)c2CN)cc1. The zero-order valence-corrected chi connectivity index (χ0v) is 12.2. The van der Waals surface area contributed by atoms with E-state index in [1.807, 2.05) is 0 Å². The fourth-order valence-corrected chi connectivity index (χ4v) is 2.91. The first-order valence-corrected chi connectivity index (χ1v) is 7.60. The molecule has 0 aliphatic carbocycles. The predicted molar refractivity (Wildman–Crippen MR) is 78.1 cm³/mol. The second kappa shape index (κ2) is 6.11. The highest BCUT2D eigenvalue weighted by molar-refractivity contribution is 7.92. The second-order valence-electron chi connectivity index (χ2n) is 4.25. The quantitative estimate of drug-likeness (QED) is 0.886. The lowest BCUT2D eigenvalue weighted by Crippen LogP contribution is -2.15. The van der Waals surface area contributed by atoms with E-state index in [2.05, 4.69) is 4.72 Å². The maximum absolute atomic E-state index is 13.6. The molecular weight excluding hydrogens is 295 g/mol. The molecule has 2 aromatic carbocycles. The van der Waals surface area contributed by atoms with Crippen LogP contribution in [0.1, 0.15) is 5.56 Å². The maximum atomic E-state index is 13.6. The van der Waals surface area contributed by atoms with Crippen molar-refractivity contribution in [2.75, 3.05) is 11.8 Å². The molecule has 7 heteroatoms.